The first-order valence-corrected chi connectivity index (χ1v) is 6.98. The molecule has 0 aliphatic heterocycles. The Morgan fingerprint density at radius 1 is 1.11 bits per heavy atom. The van der Waals surface area contributed by atoms with Crippen LogP contribution in [-0.4, -0.2) is 40.8 Å². The minimum Gasteiger partial charge on any atom is -0.507 e. The lowest BCUT2D eigenvalue weighted by molar-refractivity contribution is 0.262. The standard InChI is InChI=1S/C15H26N2O2/c1-5-17(6-2)10-11(3)16-12(4)15-13(18)8-7-9-14(15)19/h7-9,11-12,16,18-19H,5-6,10H2,1-4H3. The molecule has 1 rings (SSSR count). The van der Waals surface area contributed by atoms with E-state index in [-0.39, 0.29) is 23.6 Å². The molecule has 0 saturated heterocycles. The zero-order chi connectivity index (χ0) is 14.4. The van der Waals surface area contributed by atoms with E-state index in [1.165, 1.54) is 0 Å². The van der Waals surface area contributed by atoms with Gasteiger partial charge in [0.15, 0.2) is 0 Å². The molecule has 108 valence electrons. The fraction of sp³-hybridized carbons (Fsp3) is 0.600. The van der Waals surface area contributed by atoms with Crippen molar-refractivity contribution in [3.8, 4) is 11.5 Å². The van der Waals surface area contributed by atoms with E-state index in [0.717, 1.165) is 19.6 Å². The minimum atomic E-state index is -0.0910. The van der Waals surface area contributed by atoms with Crippen molar-refractivity contribution in [3.05, 3.63) is 23.8 Å². The molecule has 0 amide bonds. The van der Waals surface area contributed by atoms with Crippen LogP contribution in [0.25, 0.3) is 0 Å². The number of hydrogen-bond donors (Lipinski definition) is 3. The van der Waals surface area contributed by atoms with Gasteiger partial charge in [0.25, 0.3) is 0 Å². The number of likely N-dealkylation sites (N-methyl/N-ethyl adjacent to an activating group) is 1. The highest BCUT2D eigenvalue weighted by Gasteiger charge is 2.17. The summed E-state index contributed by atoms with van der Waals surface area (Å²) >= 11 is 0. The molecule has 4 heteroatoms. The molecular formula is C15H26N2O2. The molecule has 2 unspecified atom stereocenters. The van der Waals surface area contributed by atoms with Gasteiger partial charge >= 0.3 is 0 Å². The summed E-state index contributed by atoms with van der Waals surface area (Å²) in [6, 6.07) is 5.03. The number of phenols is 2. The lowest BCUT2D eigenvalue weighted by Gasteiger charge is -2.26. The molecule has 3 N–H and O–H groups in total. The van der Waals surface area contributed by atoms with Gasteiger partial charge in [-0.15, -0.1) is 0 Å². The molecule has 0 spiro atoms. The van der Waals surface area contributed by atoms with Crippen molar-refractivity contribution in [2.75, 3.05) is 19.6 Å². The maximum Gasteiger partial charge on any atom is 0.124 e. The number of nitrogens with one attached hydrogen (secondary N) is 1. The van der Waals surface area contributed by atoms with Crippen LogP contribution in [0.3, 0.4) is 0 Å². The fourth-order valence-corrected chi connectivity index (χ4v) is 2.42. The molecule has 0 radical (unpaired) electrons. The average Bonchev–Trinajstić information content (AvgIpc) is 2.35. The van der Waals surface area contributed by atoms with Gasteiger partial charge in [0, 0.05) is 18.6 Å². The van der Waals surface area contributed by atoms with Crippen LogP contribution in [0.4, 0.5) is 0 Å². The maximum atomic E-state index is 9.84. The Labute approximate surface area is 116 Å². The molecule has 4 nitrogen and oxygen atoms in total. The fourth-order valence-electron chi connectivity index (χ4n) is 2.42. The second-order valence-electron chi connectivity index (χ2n) is 4.99. The summed E-state index contributed by atoms with van der Waals surface area (Å²) < 4.78 is 0. The van der Waals surface area contributed by atoms with E-state index in [2.05, 4.69) is 31.0 Å². The Balaban J connectivity index is 2.66. The van der Waals surface area contributed by atoms with Gasteiger partial charge in [-0.2, -0.15) is 0 Å². The quantitative estimate of drug-likeness (QED) is 0.709. The summed E-state index contributed by atoms with van der Waals surface area (Å²) in [4.78, 5) is 2.34. The average molecular weight is 266 g/mol. The Hall–Kier alpha value is -1.26. The second kappa shape index (κ2) is 7.36. The predicted octanol–water partition coefficient (Wildman–Crippen LogP) is 2.48. The van der Waals surface area contributed by atoms with Crippen molar-refractivity contribution in [2.45, 2.75) is 39.8 Å². The van der Waals surface area contributed by atoms with Gasteiger partial charge in [-0.05, 0) is 39.1 Å². The zero-order valence-corrected chi connectivity index (χ0v) is 12.3. The normalized spacial score (nSPS) is 14.6. The number of rotatable bonds is 7. The summed E-state index contributed by atoms with van der Waals surface area (Å²) in [7, 11) is 0. The molecular weight excluding hydrogens is 240 g/mol. The molecule has 19 heavy (non-hydrogen) atoms. The van der Waals surface area contributed by atoms with E-state index in [9.17, 15) is 10.2 Å². The van der Waals surface area contributed by atoms with Crippen LogP contribution in [0.1, 0.15) is 39.3 Å². The predicted molar refractivity (Wildman–Crippen MR) is 78.6 cm³/mol. The lowest BCUT2D eigenvalue weighted by atomic mass is 10.0. The molecule has 0 aliphatic rings. The lowest BCUT2D eigenvalue weighted by Crippen LogP contribution is -2.40. The number of benzene rings is 1. The summed E-state index contributed by atoms with van der Waals surface area (Å²) in [5.41, 5.74) is 0.564. The van der Waals surface area contributed by atoms with Crippen molar-refractivity contribution >= 4 is 0 Å². The Morgan fingerprint density at radius 3 is 2.11 bits per heavy atom. The zero-order valence-electron chi connectivity index (χ0n) is 12.3. The van der Waals surface area contributed by atoms with E-state index in [4.69, 9.17) is 0 Å². The highest BCUT2D eigenvalue weighted by molar-refractivity contribution is 5.44. The summed E-state index contributed by atoms with van der Waals surface area (Å²) in [5.74, 6) is 0.269. The number of nitrogens with zero attached hydrogens (tertiary/aromatic N) is 1. The van der Waals surface area contributed by atoms with E-state index >= 15 is 0 Å². The molecule has 0 heterocycles. The second-order valence-corrected chi connectivity index (χ2v) is 4.99. The van der Waals surface area contributed by atoms with Gasteiger partial charge in [0.1, 0.15) is 11.5 Å². The van der Waals surface area contributed by atoms with Crippen molar-refractivity contribution in [3.63, 3.8) is 0 Å². The number of hydrogen-bond acceptors (Lipinski definition) is 4. The van der Waals surface area contributed by atoms with Gasteiger partial charge in [-0.1, -0.05) is 19.9 Å². The molecule has 1 aromatic carbocycles. The van der Waals surface area contributed by atoms with E-state index < -0.39 is 0 Å². The Bertz CT molecular complexity index is 371. The van der Waals surface area contributed by atoms with E-state index in [0.29, 0.717) is 5.56 Å². The first-order chi connectivity index (χ1) is 8.99. The number of aromatic hydroxyl groups is 2. The number of phenolic OH excluding ortho intramolecular Hbond substituents is 2. The SMILES string of the molecule is CCN(CC)CC(C)NC(C)c1c(O)cccc1O. The smallest absolute Gasteiger partial charge is 0.124 e. The van der Waals surface area contributed by atoms with Crippen LogP contribution in [0, 0.1) is 0 Å². The molecule has 0 fully saturated rings. The maximum absolute atomic E-state index is 9.84. The summed E-state index contributed by atoms with van der Waals surface area (Å²) in [6.45, 7) is 11.4. The highest BCUT2D eigenvalue weighted by Crippen LogP contribution is 2.32. The van der Waals surface area contributed by atoms with Crippen molar-refractivity contribution < 1.29 is 10.2 Å². The highest BCUT2D eigenvalue weighted by atomic mass is 16.3. The monoisotopic (exact) mass is 266 g/mol. The molecule has 0 saturated carbocycles. The van der Waals surface area contributed by atoms with Crippen LogP contribution < -0.4 is 5.32 Å². The summed E-state index contributed by atoms with van der Waals surface area (Å²) in [6.07, 6.45) is 0. The third-order valence-corrected chi connectivity index (χ3v) is 3.45. The van der Waals surface area contributed by atoms with Gasteiger partial charge in [0.2, 0.25) is 0 Å². The minimum absolute atomic E-state index is 0.0910. The molecule has 2 atom stereocenters. The van der Waals surface area contributed by atoms with Crippen LogP contribution in [-0.2, 0) is 0 Å². The molecule has 0 aliphatic carbocycles. The van der Waals surface area contributed by atoms with Crippen LogP contribution in [0.5, 0.6) is 11.5 Å². The first-order valence-electron chi connectivity index (χ1n) is 6.98. The Morgan fingerprint density at radius 2 is 1.63 bits per heavy atom. The summed E-state index contributed by atoms with van der Waals surface area (Å²) in [5, 5.41) is 23.1. The topological polar surface area (TPSA) is 55.7 Å². The largest absolute Gasteiger partial charge is 0.507 e. The van der Waals surface area contributed by atoms with E-state index in [1.54, 1.807) is 18.2 Å². The third kappa shape index (κ3) is 4.40. The van der Waals surface area contributed by atoms with Crippen LogP contribution in [0.2, 0.25) is 0 Å². The van der Waals surface area contributed by atoms with Crippen LogP contribution in [0.15, 0.2) is 18.2 Å². The van der Waals surface area contributed by atoms with Gasteiger partial charge < -0.3 is 20.4 Å². The van der Waals surface area contributed by atoms with Crippen molar-refractivity contribution in [1.29, 1.82) is 0 Å². The van der Waals surface area contributed by atoms with Crippen LogP contribution >= 0.6 is 0 Å². The van der Waals surface area contributed by atoms with Gasteiger partial charge in [-0.25, -0.2) is 0 Å². The molecule has 0 aromatic heterocycles. The van der Waals surface area contributed by atoms with E-state index in [1.807, 2.05) is 6.92 Å². The molecule has 1 aromatic rings. The third-order valence-electron chi connectivity index (χ3n) is 3.45. The van der Waals surface area contributed by atoms with Gasteiger partial charge in [0.05, 0.1) is 5.56 Å². The van der Waals surface area contributed by atoms with Crippen molar-refractivity contribution in [1.82, 2.24) is 10.2 Å². The molecule has 0 bridgehead atoms. The Kier molecular flexibility index (Phi) is 6.12. The first kappa shape index (κ1) is 15.8. The van der Waals surface area contributed by atoms with Gasteiger partial charge in [-0.3, -0.25) is 0 Å². The van der Waals surface area contributed by atoms with Crippen molar-refractivity contribution in [2.24, 2.45) is 0 Å².